The summed E-state index contributed by atoms with van der Waals surface area (Å²) in [6, 6.07) is 11.3. The molecule has 2 aromatic carbocycles. The second kappa shape index (κ2) is 5.99. The Morgan fingerprint density at radius 1 is 1.18 bits per heavy atom. The fourth-order valence-corrected chi connectivity index (χ4v) is 2.89. The van der Waals surface area contributed by atoms with Gasteiger partial charge in [0.15, 0.2) is 12.2 Å². The maximum Gasteiger partial charge on any atom is 0.175 e. The predicted octanol–water partition coefficient (Wildman–Crippen LogP) is 4.85. The molecule has 0 saturated carbocycles. The van der Waals surface area contributed by atoms with Crippen LogP contribution in [0.2, 0.25) is 10.0 Å². The van der Waals surface area contributed by atoms with E-state index in [1.54, 1.807) is 17.9 Å². The topological polar surface area (TPSA) is 39.4 Å². The van der Waals surface area contributed by atoms with Gasteiger partial charge in [-0.1, -0.05) is 41.4 Å². The first-order valence-electron chi connectivity index (χ1n) is 6.58. The highest BCUT2D eigenvalue weighted by atomic mass is 35.5. The number of aliphatic imine (C=N–C) groups is 1. The second-order valence-electron chi connectivity index (χ2n) is 4.74. The maximum atomic E-state index is 6.33. The molecule has 0 bridgehead atoms. The lowest BCUT2D eigenvalue weighted by Gasteiger charge is -2.05. The number of aromatic nitrogens is 2. The molecule has 6 heteroatoms. The van der Waals surface area contributed by atoms with Crippen molar-refractivity contribution in [1.82, 2.24) is 9.78 Å². The maximum absolute atomic E-state index is 6.33. The van der Waals surface area contributed by atoms with E-state index in [0.29, 0.717) is 10.0 Å². The SMILES string of the molecule is CO/C=N/c1c2cccc(-c3ccc(Cl)cc3Cl)c2nn1C. The van der Waals surface area contributed by atoms with E-state index in [1.807, 2.05) is 37.4 Å². The first-order chi connectivity index (χ1) is 10.6. The quantitative estimate of drug-likeness (QED) is 0.507. The van der Waals surface area contributed by atoms with Crippen molar-refractivity contribution in [3.63, 3.8) is 0 Å². The molecule has 0 spiro atoms. The van der Waals surface area contributed by atoms with Crippen molar-refractivity contribution in [1.29, 1.82) is 0 Å². The lowest BCUT2D eigenvalue weighted by Crippen LogP contribution is -1.89. The molecule has 0 N–H and O–H groups in total. The van der Waals surface area contributed by atoms with Crippen LogP contribution in [0.1, 0.15) is 0 Å². The first-order valence-corrected chi connectivity index (χ1v) is 7.34. The summed E-state index contributed by atoms with van der Waals surface area (Å²) in [7, 11) is 3.40. The van der Waals surface area contributed by atoms with E-state index >= 15 is 0 Å². The van der Waals surface area contributed by atoms with E-state index in [4.69, 9.17) is 27.9 Å². The summed E-state index contributed by atoms with van der Waals surface area (Å²) >= 11 is 12.3. The molecule has 0 aliphatic heterocycles. The number of halogens is 2. The molecule has 0 fully saturated rings. The van der Waals surface area contributed by atoms with Gasteiger partial charge < -0.3 is 4.74 Å². The number of rotatable bonds is 3. The number of nitrogens with zero attached hydrogens (tertiary/aromatic N) is 3. The van der Waals surface area contributed by atoms with E-state index < -0.39 is 0 Å². The third-order valence-electron chi connectivity index (χ3n) is 3.34. The van der Waals surface area contributed by atoms with Gasteiger partial charge in [0.1, 0.15) is 5.52 Å². The van der Waals surface area contributed by atoms with Crippen LogP contribution in [0.25, 0.3) is 22.0 Å². The van der Waals surface area contributed by atoms with Crippen molar-refractivity contribution >= 4 is 46.3 Å². The lowest BCUT2D eigenvalue weighted by molar-refractivity contribution is 0.423. The number of ether oxygens (including phenoxy) is 1. The van der Waals surface area contributed by atoms with Gasteiger partial charge >= 0.3 is 0 Å². The van der Waals surface area contributed by atoms with Crippen LogP contribution >= 0.6 is 23.2 Å². The summed E-state index contributed by atoms with van der Waals surface area (Å²) in [6.07, 6.45) is 1.39. The monoisotopic (exact) mass is 333 g/mol. The molecule has 0 saturated heterocycles. The smallest absolute Gasteiger partial charge is 0.175 e. The molecule has 0 unspecified atom stereocenters. The van der Waals surface area contributed by atoms with Crippen molar-refractivity contribution in [2.24, 2.45) is 12.0 Å². The third-order valence-corrected chi connectivity index (χ3v) is 3.88. The normalized spacial score (nSPS) is 11.5. The summed E-state index contributed by atoms with van der Waals surface area (Å²) < 4.78 is 6.61. The Kier molecular flexibility index (Phi) is 4.05. The highest BCUT2D eigenvalue weighted by Gasteiger charge is 2.14. The highest BCUT2D eigenvalue weighted by molar-refractivity contribution is 6.36. The number of aryl methyl sites for hydroxylation is 1. The van der Waals surface area contributed by atoms with Crippen molar-refractivity contribution in [3.05, 3.63) is 46.4 Å². The molecule has 112 valence electrons. The van der Waals surface area contributed by atoms with Crippen molar-refractivity contribution in [2.45, 2.75) is 0 Å². The van der Waals surface area contributed by atoms with E-state index in [9.17, 15) is 0 Å². The molecule has 0 radical (unpaired) electrons. The first kappa shape index (κ1) is 14.9. The van der Waals surface area contributed by atoms with Gasteiger partial charge in [0, 0.05) is 33.6 Å². The van der Waals surface area contributed by atoms with Gasteiger partial charge in [-0.25, -0.2) is 9.67 Å². The molecule has 0 aliphatic carbocycles. The van der Waals surface area contributed by atoms with Crippen LogP contribution in [-0.4, -0.2) is 23.3 Å². The zero-order valence-corrected chi connectivity index (χ0v) is 13.6. The largest absolute Gasteiger partial charge is 0.486 e. The van der Waals surface area contributed by atoms with E-state index in [0.717, 1.165) is 27.8 Å². The summed E-state index contributed by atoms with van der Waals surface area (Å²) in [5, 5.41) is 6.69. The van der Waals surface area contributed by atoms with Crippen molar-refractivity contribution < 1.29 is 4.74 Å². The van der Waals surface area contributed by atoms with Crippen LogP contribution in [0.5, 0.6) is 0 Å². The molecule has 3 rings (SSSR count). The Hall–Kier alpha value is -2.04. The summed E-state index contributed by atoms with van der Waals surface area (Å²) in [6.45, 7) is 0. The predicted molar refractivity (Wildman–Crippen MR) is 91.3 cm³/mol. The van der Waals surface area contributed by atoms with Gasteiger partial charge in [0.25, 0.3) is 0 Å². The average Bonchev–Trinajstić information content (AvgIpc) is 2.81. The van der Waals surface area contributed by atoms with Crippen LogP contribution in [-0.2, 0) is 11.8 Å². The summed E-state index contributed by atoms with van der Waals surface area (Å²) in [4.78, 5) is 4.28. The minimum absolute atomic E-state index is 0.590. The number of benzene rings is 2. The minimum atomic E-state index is 0.590. The number of hydrogen-bond donors (Lipinski definition) is 0. The molecule has 3 aromatic rings. The van der Waals surface area contributed by atoms with Crippen LogP contribution in [0.15, 0.2) is 41.4 Å². The van der Waals surface area contributed by atoms with Gasteiger partial charge in [0.05, 0.1) is 7.11 Å². The van der Waals surface area contributed by atoms with Gasteiger partial charge in [-0.3, -0.25) is 0 Å². The number of fused-ring (bicyclic) bond motifs is 1. The van der Waals surface area contributed by atoms with Crippen LogP contribution in [0, 0.1) is 0 Å². The lowest BCUT2D eigenvalue weighted by atomic mass is 10.0. The van der Waals surface area contributed by atoms with Crippen LogP contribution in [0.4, 0.5) is 5.82 Å². The van der Waals surface area contributed by atoms with E-state index in [2.05, 4.69) is 10.1 Å². The molecule has 4 nitrogen and oxygen atoms in total. The summed E-state index contributed by atoms with van der Waals surface area (Å²) in [5.41, 5.74) is 2.66. The zero-order valence-electron chi connectivity index (χ0n) is 12.0. The van der Waals surface area contributed by atoms with Gasteiger partial charge in [0.2, 0.25) is 0 Å². The molecule has 1 aromatic heterocycles. The highest BCUT2D eigenvalue weighted by Crippen LogP contribution is 2.37. The Bertz CT molecular complexity index is 871. The van der Waals surface area contributed by atoms with Gasteiger partial charge in [-0.15, -0.1) is 0 Å². The molecule has 0 aliphatic rings. The minimum Gasteiger partial charge on any atom is -0.486 e. The molecule has 0 amide bonds. The van der Waals surface area contributed by atoms with Gasteiger partial charge in [-0.05, 0) is 18.2 Å². The average molecular weight is 334 g/mol. The molecular weight excluding hydrogens is 321 g/mol. The van der Waals surface area contributed by atoms with Gasteiger partial charge in [-0.2, -0.15) is 5.10 Å². The molecule has 22 heavy (non-hydrogen) atoms. The molecule has 0 atom stereocenters. The second-order valence-corrected chi connectivity index (χ2v) is 5.59. The Balaban J connectivity index is 2.25. The van der Waals surface area contributed by atoms with Crippen molar-refractivity contribution in [2.75, 3.05) is 7.11 Å². The fourth-order valence-electron chi connectivity index (χ4n) is 2.38. The Morgan fingerprint density at radius 2 is 2.00 bits per heavy atom. The number of methoxy groups -OCH3 is 1. The number of hydrogen-bond acceptors (Lipinski definition) is 3. The summed E-state index contributed by atoms with van der Waals surface area (Å²) in [5.74, 6) is 0.726. The molecular formula is C16H13Cl2N3O. The van der Waals surface area contributed by atoms with E-state index in [1.165, 1.54) is 6.40 Å². The standard InChI is InChI=1S/C16H13Cl2N3O/c1-21-16(19-9-22-2)13-5-3-4-12(15(13)20-21)11-7-6-10(17)8-14(11)18/h3-9H,1-2H3/b19-9+. The fraction of sp³-hybridized carbons (Fsp3) is 0.125. The Morgan fingerprint density at radius 3 is 2.73 bits per heavy atom. The van der Waals surface area contributed by atoms with Crippen LogP contribution in [0.3, 0.4) is 0 Å². The van der Waals surface area contributed by atoms with Crippen LogP contribution < -0.4 is 0 Å². The van der Waals surface area contributed by atoms with Crippen molar-refractivity contribution in [3.8, 4) is 11.1 Å². The zero-order chi connectivity index (χ0) is 15.7. The Labute approximate surface area is 137 Å². The van der Waals surface area contributed by atoms with E-state index in [-0.39, 0.29) is 0 Å². The third kappa shape index (κ3) is 2.56. The molecule has 1 heterocycles.